The molecule has 0 N–H and O–H groups in total. The molecule has 5 heteroatoms. The molecular formula is C21H24O4S. The zero-order valence-electron chi connectivity index (χ0n) is 14.8. The first kappa shape index (κ1) is 18.5. The van der Waals surface area contributed by atoms with Crippen LogP contribution in [0.25, 0.3) is 0 Å². The van der Waals surface area contributed by atoms with Gasteiger partial charge in [0.25, 0.3) is 0 Å². The van der Waals surface area contributed by atoms with Crippen LogP contribution in [0, 0.1) is 0 Å². The van der Waals surface area contributed by atoms with Gasteiger partial charge in [-0.15, -0.1) is 0 Å². The van der Waals surface area contributed by atoms with E-state index >= 15 is 0 Å². The monoisotopic (exact) mass is 372 g/mol. The van der Waals surface area contributed by atoms with Crippen molar-refractivity contribution in [3.05, 3.63) is 71.8 Å². The minimum atomic E-state index is -1.29. The maximum atomic E-state index is 12.3. The number of esters is 2. The second kappa shape index (κ2) is 8.90. The zero-order chi connectivity index (χ0) is 18.2. The van der Waals surface area contributed by atoms with Crippen molar-refractivity contribution in [3.8, 4) is 0 Å². The third-order valence-electron chi connectivity index (χ3n) is 4.55. The Bertz CT molecular complexity index is 667. The van der Waals surface area contributed by atoms with E-state index in [1.165, 1.54) is 6.42 Å². The average Bonchev–Trinajstić information content (AvgIpc) is 2.72. The van der Waals surface area contributed by atoms with E-state index < -0.39 is 10.0 Å². The molecule has 0 aromatic heterocycles. The summed E-state index contributed by atoms with van der Waals surface area (Å²) >= 11 is 0. The zero-order valence-corrected chi connectivity index (χ0v) is 15.6. The number of hydrogen-bond acceptors (Lipinski definition) is 4. The Labute approximate surface area is 155 Å². The summed E-state index contributed by atoms with van der Waals surface area (Å²) in [6.45, 7) is 0. The largest absolute Gasteiger partial charge is 0.452 e. The maximum Gasteiger partial charge on any atom is 0.338 e. The predicted octanol–water partition coefficient (Wildman–Crippen LogP) is 4.60. The van der Waals surface area contributed by atoms with Crippen molar-refractivity contribution in [2.75, 3.05) is 23.4 Å². The summed E-state index contributed by atoms with van der Waals surface area (Å²) < 4.78 is 11.2. The van der Waals surface area contributed by atoms with Crippen molar-refractivity contribution < 1.29 is 19.1 Å². The predicted molar refractivity (Wildman–Crippen MR) is 105 cm³/mol. The fraction of sp³-hybridized carbons (Fsp3) is 0.333. The summed E-state index contributed by atoms with van der Waals surface area (Å²) in [5.74, 6) is 2.08. The molecule has 0 spiro atoms. The molecule has 26 heavy (non-hydrogen) atoms. The van der Waals surface area contributed by atoms with Gasteiger partial charge in [-0.3, -0.25) is 0 Å². The Kier molecular flexibility index (Phi) is 6.34. The smallest absolute Gasteiger partial charge is 0.338 e. The molecule has 0 bridgehead atoms. The summed E-state index contributed by atoms with van der Waals surface area (Å²) in [4.78, 5) is 24.5. The number of ether oxygens (including phenoxy) is 2. The normalized spacial score (nSPS) is 17.1. The minimum absolute atomic E-state index is 0.308. The van der Waals surface area contributed by atoms with Crippen molar-refractivity contribution in [3.63, 3.8) is 0 Å². The van der Waals surface area contributed by atoms with Crippen LogP contribution in [0.2, 0.25) is 0 Å². The summed E-state index contributed by atoms with van der Waals surface area (Å²) in [5.41, 5.74) is 1.11. The Morgan fingerprint density at radius 1 is 0.692 bits per heavy atom. The molecule has 138 valence electrons. The van der Waals surface area contributed by atoms with E-state index in [4.69, 9.17) is 9.47 Å². The van der Waals surface area contributed by atoms with Crippen molar-refractivity contribution in [1.82, 2.24) is 0 Å². The number of rotatable bonds is 6. The van der Waals surface area contributed by atoms with Crippen molar-refractivity contribution in [2.45, 2.75) is 19.3 Å². The van der Waals surface area contributed by atoms with Gasteiger partial charge in [0.2, 0.25) is 0 Å². The lowest BCUT2D eigenvalue weighted by molar-refractivity contribution is 0.0557. The molecule has 2 aromatic rings. The minimum Gasteiger partial charge on any atom is -0.452 e. The van der Waals surface area contributed by atoms with Crippen LogP contribution < -0.4 is 0 Å². The highest BCUT2D eigenvalue weighted by Gasteiger charge is 2.30. The second-order valence-electron chi connectivity index (χ2n) is 6.52. The maximum absolute atomic E-state index is 12.3. The third kappa shape index (κ3) is 4.88. The molecular weight excluding hydrogens is 348 g/mol. The lowest BCUT2D eigenvalue weighted by atomic mass is 10.2. The molecule has 0 atom stereocenters. The standard InChI is InChI=1S/C21H24O4S/c22-20(18-10-4-1-5-11-18)24-16-26(14-8-3-9-15-26)17-25-21(23)19-12-6-2-7-13-19/h1-2,4-7,10-13H,3,8-9,14-17H2. The van der Waals surface area contributed by atoms with Gasteiger partial charge in [0.05, 0.1) is 11.1 Å². The lowest BCUT2D eigenvalue weighted by Gasteiger charge is -2.41. The van der Waals surface area contributed by atoms with E-state index in [0.717, 1.165) is 24.3 Å². The van der Waals surface area contributed by atoms with E-state index in [1.54, 1.807) is 24.3 Å². The van der Waals surface area contributed by atoms with Gasteiger partial charge in [-0.1, -0.05) is 42.8 Å². The number of benzene rings is 2. The Balaban J connectivity index is 1.61. The summed E-state index contributed by atoms with van der Waals surface area (Å²) in [5, 5.41) is 0. The summed E-state index contributed by atoms with van der Waals surface area (Å²) in [6, 6.07) is 18.0. The van der Waals surface area contributed by atoms with E-state index in [0.29, 0.717) is 23.0 Å². The molecule has 0 unspecified atom stereocenters. The quantitative estimate of drug-likeness (QED) is 0.695. The highest BCUT2D eigenvalue weighted by molar-refractivity contribution is 8.33. The Morgan fingerprint density at radius 2 is 1.12 bits per heavy atom. The molecule has 0 saturated carbocycles. The van der Waals surface area contributed by atoms with Crippen LogP contribution in [-0.2, 0) is 9.47 Å². The van der Waals surface area contributed by atoms with E-state index in [9.17, 15) is 9.59 Å². The van der Waals surface area contributed by atoms with Crippen LogP contribution in [0.4, 0.5) is 0 Å². The van der Waals surface area contributed by atoms with Crippen LogP contribution in [0.1, 0.15) is 40.0 Å². The van der Waals surface area contributed by atoms with Gasteiger partial charge in [-0.05, 0) is 48.6 Å². The van der Waals surface area contributed by atoms with Gasteiger partial charge in [-0.2, -0.15) is 10.0 Å². The molecule has 1 heterocycles. The molecule has 0 amide bonds. The van der Waals surface area contributed by atoms with Gasteiger partial charge in [0.15, 0.2) is 0 Å². The number of carbonyl (C=O) groups is 2. The third-order valence-corrected chi connectivity index (χ3v) is 8.10. The second-order valence-corrected chi connectivity index (χ2v) is 10.3. The number of hydrogen-bond donors (Lipinski definition) is 0. The lowest BCUT2D eigenvalue weighted by Crippen LogP contribution is -2.26. The SMILES string of the molecule is O=C(OCS1(COC(=O)c2ccccc2)CCCCC1)c1ccccc1. The van der Waals surface area contributed by atoms with Crippen molar-refractivity contribution >= 4 is 22.0 Å². The molecule has 3 rings (SSSR count). The highest BCUT2D eigenvalue weighted by atomic mass is 32.3. The summed E-state index contributed by atoms with van der Waals surface area (Å²) in [7, 11) is -1.29. The number of carbonyl (C=O) groups excluding carboxylic acids is 2. The van der Waals surface area contributed by atoms with Crippen LogP contribution >= 0.6 is 10.0 Å². The molecule has 1 fully saturated rings. The molecule has 2 aromatic carbocycles. The summed E-state index contributed by atoms with van der Waals surface area (Å²) in [6.07, 6.45) is 3.39. The van der Waals surface area contributed by atoms with E-state index in [2.05, 4.69) is 0 Å². The average molecular weight is 372 g/mol. The topological polar surface area (TPSA) is 52.6 Å². The Morgan fingerprint density at radius 3 is 1.54 bits per heavy atom. The van der Waals surface area contributed by atoms with Crippen molar-refractivity contribution in [2.24, 2.45) is 0 Å². The van der Waals surface area contributed by atoms with Gasteiger partial charge < -0.3 is 9.47 Å². The van der Waals surface area contributed by atoms with Crippen LogP contribution in [0.3, 0.4) is 0 Å². The van der Waals surface area contributed by atoms with Gasteiger partial charge >= 0.3 is 11.9 Å². The molecule has 1 saturated heterocycles. The van der Waals surface area contributed by atoms with Gasteiger partial charge in [-0.25, -0.2) is 9.59 Å². The molecule has 1 aliphatic heterocycles. The fourth-order valence-electron chi connectivity index (χ4n) is 3.04. The first-order valence-electron chi connectivity index (χ1n) is 8.87. The van der Waals surface area contributed by atoms with Crippen LogP contribution in [0.5, 0.6) is 0 Å². The molecule has 0 radical (unpaired) electrons. The van der Waals surface area contributed by atoms with Crippen LogP contribution in [-0.4, -0.2) is 35.3 Å². The van der Waals surface area contributed by atoms with Crippen LogP contribution in [0.15, 0.2) is 60.7 Å². The highest BCUT2D eigenvalue weighted by Crippen LogP contribution is 2.52. The Hall–Kier alpha value is -2.27. The van der Waals surface area contributed by atoms with E-state index in [-0.39, 0.29) is 11.9 Å². The molecule has 4 nitrogen and oxygen atoms in total. The molecule has 1 aliphatic rings. The van der Waals surface area contributed by atoms with Gasteiger partial charge in [0, 0.05) is 0 Å². The van der Waals surface area contributed by atoms with E-state index in [1.807, 2.05) is 36.4 Å². The fourth-order valence-corrected chi connectivity index (χ4v) is 6.13. The first-order chi connectivity index (χ1) is 12.7. The first-order valence-corrected chi connectivity index (χ1v) is 11.2. The molecule has 0 aliphatic carbocycles. The van der Waals surface area contributed by atoms with Gasteiger partial charge in [0.1, 0.15) is 11.9 Å². The van der Waals surface area contributed by atoms with Crippen molar-refractivity contribution in [1.29, 1.82) is 0 Å².